The highest BCUT2D eigenvalue weighted by atomic mass is 35.5. The first-order valence-electron chi connectivity index (χ1n) is 8.53. The quantitative estimate of drug-likeness (QED) is 0.566. The van der Waals surface area contributed by atoms with E-state index in [4.69, 9.17) is 32.7 Å². The molecule has 3 rings (SSSR count). The molecule has 0 aliphatic carbocycles. The Balaban J connectivity index is 2.05. The molecule has 9 heteroatoms. The Hall–Kier alpha value is -3.03. The van der Waals surface area contributed by atoms with Crippen LogP contribution in [0.25, 0.3) is 6.08 Å². The van der Waals surface area contributed by atoms with Crippen LogP contribution in [-0.4, -0.2) is 31.6 Å². The summed E-state index contributed by atoms with van der Waals surface area (Å²) in [6.07, 6.45) is 1.32. The number of halogens is 2. The van der Waals surface area contributed by atoms with E-state index in [0.29, 0.717) is 23.7 Å². The first-order valence-corrected chi connectivity index (χ1v) is 9.29. The van der Waals surface area contributed by atoms with E-state index in [1.165, 1.54) is 31.4 Å². The van der Waals surface area contributed by atoms with E-state index >= 15 is 0 Å². The number of amides is 4. The summed E-state index contributed by atoms with van der Waals surface area (Å²) in [7, 11) is 1.45. The van der Waals surface area contributed by atoms with Crippen LogP contribution in [0.15, 0.2) is 42.0 Å². The van der Waals surface area contributed by atoms with Gasteiger partial charge in [0.1, 0.15) is 5.57 Å². The molecule has 0 unspecified atom stereocenters. The van der Waals surface area contributed by atoms with Gasteiger partial charge in [0.2, 0.25) is 0 Å². The van der Waals surface area contributed by atoms with Gasteiger partial charge in [0.25, 0.3) is 11.8 Å². The molecule has 1 aliphatic rings. The highest BCUT2D eigenvalue weighted by molar-refractivity contribution is 6.42. The molecule has 29 heavy (non-hydrogen) atoms. The normalized spacial score (nSPS) is 15.5. The number of methoxy groups -OCH3 is 1. The number of urea groups is 1. The van der Waals surface area contributed by atoms with E-state index in [1.54, 1.807) is 25.1 Å². The van der Waals surface area contributed by atoms with Gasteiger partial charge in [-0.05, 0) is 42.8 Å². The summed E-state index contributed by atoms with van der Waals surface area (Å²) in [6.45, 7) is 2.18. The van der Waals surface area contributed by atoms with Gasteiger partial charge in [0.15, 0.2) is 11.5 Å². The van der Waals surface area contributed by atoms with Crippen LogP contribution in [0, 0.1) is 0 Å². The van der Waals surface area contributed by atoms with Crippen molar-refractivity contribution in [3.05, 3.63) is 57.6 Å². The number of carbonyl (C=O) groups is 3. The zero-order valence-electron chi connectivity index (χ0n) is 15.5. The van der Waals surface area contributed by atoms with Crippen molar-refractivity contribution in [3.63, 3.8) is 0 Å². The fraction of sp³-hybridized carbons (Fsp3) is 0.150. The highest BCUT2D eigenvalue weighted by Gasteiger charge is 2.37. The molecule has 0 saturated carbocycles. The summed E-state index contributed by atoms with van der Waals surface area (Å²) in [5.41, 5.74) is 0.325. The largest absolute Gasteiger partial charge is 0.493 e. The molecule has 0 radical (unpaired) electrons. The molecule has 2 aromatic rings. The van der Waals surface area contributed by atoms with Gasteiger partial charge in [-0.3, -0.25) is 14.9 Å². The molecule has 0 aromatic heterocycles. The van der Waals surface area contributed by atoms with Crippen molar-refractivity contribution in [1.29, 1.82) is 0 Å². The Labute approximate surface area is 176 Å². The smallest absolute Gasteiger partial charge is 0.335 e. The van der Waals surface area contributed by atoms with Gasteiger partial charge in [-0.25, -0.2) is 9.69 Å². The average Bonchev–Trinajstić information content (AvgIpc) is 2.68. The van der Waals surface area contributed by atoms with Crippen molar-refractivity contribution in [2.24, 2.45) is 0 Å². The lowest BCUT2D eigenvalue weighted by atomic mass is 10.1. The summed E-state index contributed by atoms with van der Waals surface area (Å²) in [4.78, 5) is 38.3. The molecule has 0 spiro atoms. The number of carbonyl (C=O) groups excluding carboxylic acids is 3. The van der Waals surface area contributed by atoms with Crippen LogP contribution < -0.4 is 19.7 Å². The number of ether oxygens (including phenoxy) is 2. The number of anilines is 1. The molecule has 1 aliphatic heterocycles. The van der Waals surface area contributed by atoms with Gasteiger partial charge in [0, 0.05) is 0 Å². The molecule has 1 saturated heterocycles. The number of imide groups is 2. The highest BCUT2D eigenvalue weighted by Crippen LogP contribution is 2.37. The third-order valence-electron chi connectivity index (χ3n) is 4.05. The minimum absolute atomic E-state index is 0.164. The Morgan fingerprint density at radius 2 is 1.83 bits per heavy atom. The minimum Gasteiger partial charge on any atom is -0.493 e. The van der Waals surface area contributed by atoms with E-state index in [9.17, 15) is 14.4 Å². The number of barbiturate groups is 1. The SMILES string of the molecule is CCOc1c(Cl)cc(/C=C2\C(=O)NC(=O)N(c3ccccc3Cl)C2=O)cc1OC. The van der Waals surface area contributed by atoms with Crippen LogP contribution in [0.1, 0.15) is 12.5 Å². The van der Waals surface area contributed by atoms with Gasteiger partial charge >= 0.3 is 6.03 Å². The number of para-hydroxylation sites is 1. The summed E-state index contributed by atoms with van der Waals surface area (Å²) in [6, 6.07) is 8.54. The van der Waals surface area contributed by atoms with Crippen LogP contribution in [0.4, 0.5) is 10.5 Å². The number of nitrogens with zero attached hydrogens (tertiary/aromatic N) is 1. The summed E-state index contributed by atoms with van der Waals surface area (Å²) in [5, 5.41) is 2.58. The molecule has 1 fully saturated rings. The molecule has 2 aromatic carbocycles. The Morgan fingerprint density at radius 1 is 1.10 bits per heavy atom. The zero-order chi connectivity index (χ0) is 21.1. The van der Waals surface area contributed by atoms with Crippen molar-refractivity contribution in [3.8, 4) is 11.5 Å². The Bertz CT molecular complexity index is 1040. The second-order valence-electron chi connectivity index (χ2n) is 5.88. The van der Waals surface area contributed by atoms with Crippen LogP contribution in [0.3, 0.4) is 0 Å². The number of hydrogen-bond donors (Lipinski definition) is 1. The maximum Gasteiger partial charge on any atom is 0.335 e. The monoisotopic (exact) mass is 434 g/mol. The van der Waals surface area contributed by atoms with E-state index in [1.807, 2.05) is 0 Å². The fourth-order valence-electron chi connectivity index (χ4n) is 2.78. The zero-order valence-corrected chi connectivity index (χ0v) is 17.0. The van der Waals surface area contributed by atoms with Crippen molar-refractivity contribution >= 4 is 52.8 Å². The molecule has 7 nitrogen and oxygen atoms in total. The van der Waals surface area contributed by atoms with Crippen LogP contribution in [0.2, 0.25) is 10.0 Å². The number of nitrogens with one attached hydrogen (secondary N) is 1. The van der Waals surface area contributed by atoms with Gasteiger partial charge in [0.05, 0.1) is 29.4 Å². The second-order valence-corrected chi connectivity index (χ2v) is 6.69. The van der Waals surface area contributed by atoms with Crippen LogP contribution in [0.5, 0.6) is 11.5 Å². The van der Waals surface area contributed by atoms with E-state index in [2.05, 4.69) is 5.32 Å². The van der Waals surface area contributed by atoms with Gasteiger partial charge < -0.3 is 9.47 Å². The molecule has 0 atom stereocenters. The van der Waals surface area contributed by atoms with Gasteiger partial charge in [-0.2, -0.15) is 0 Å². The number of hydrogen-bond acceptors (Lipinski definition) is 5. The molecule has 1 N–H and O–H groups in total. The van der Waals surface area contributed by atoms with E-state index in [-0.39, 0.29) is 21.3 Å². The van der Waals surface area contributed by atoms with Crippen LogP contribution >= 0.6 is 23.2 Å². The number of rotatable bonds is 5. The summed E-state index contributed by atoms with van der Waals surface area (Å²) >= 11 is 12.4. The topological polar surface area (TPSA) is 84.9 Å². The average molecular weight is 435 g/mol. The lowest BCUT2D eigenvalue weighted by Crippen LogP contribution is -2.54. The Morgan fingerprint density at radius 3 is 2.48 bits per heavy atom. The first kappa shape index (κ1) is 20.7. The van der Waals surface area contributed by atoms with E-state index < -0.39 is 17.8 Å². The lowest BCUT2D eigenvalue weighted by molar-refractivity contribution is -0.122. The fourth-order valence-corrected chi connectivity index (χ4v) is 3.28. The van der Waals surface area contributed by atoms with Crippen molar-refractivity contribution in [2.45, 2.75) is 6.92 Å². The first-order chi connectivity index (χ1) is 13.9. The molecule has 1 heterocycles. The predicted molar refractivity (Wildman–Crippen MR) is 110 cm³/mol. The molecule has 150 valence electrons. The van der Waals surface area contributed by atoms with Crippen molar-refractivity contribution < 1.29 is 23.9 Å². The maximum absolute atomic E-state index is 12.9. The van der Waals surface area contributed by atoms with Gasteiger partial charge in [-0.1, -0.05) is 35.3 Å². The van der Waals surface area contributed by atoms with E-state index in [0.717, 1.165) is 4.90 Å². The standard InChI is InChI=1S/C20H16Cl2N2O5/c1-3-29-17-14(22)9-11(10-16(17)28-2)8-12-18(25)23-20(27)24(19(12)26)15-7-5-4-6-13(15)21/h4-10H,3H2,1-2H3,(H,23,25,27)/b12-8+. The van der Waals surface area contributed by atoms with Crippen molar-refractivity contribution in [2.75, 3.05) is 18.6 Å². The number of benzene rings is 2. The van der Waals surface area contributed by atoms with Crippen molar-refractivity contribution in [1.82, 2.24) is 5.32 Å². The lowest BCUT2D eigenvalue weighted by Gasteiger charge is -2.27. The summed E-state index contributed by atoms with van der Waals surface area (Å²) in [5.74, 6) is -0.942. The van der Waals surface area contributed by atoms with Gasteiger partial charge in [-0.15, -0.1) is 0 Å². The third-order valence-corrected chi connectivity index (χ3v) is 4.65. The molecule has 4 amide bonds. The third kappa shape index (κ3) is 4.06. The second kappa shape index (κ2) is 8.55. The summed E-state index contributed by atoms with van der Waals surface area (Å²) < 4.78 is 10.7. The van der Waals surface area contributed by atoms with Crippen LogP contribution in [-0.2, 0) is 9.59 Å². The molecular weight excluding hydrogens is 419 g/mol. The maximum atomic E-state index is 12.9. The molecule has 0 bridgehead atoms. The molecular formula is C20H16Cl2N2O5. The Kier molecular flexibility index (Phi) is 6.10. The predicted octanol–water partition coefficient (Wildman–Crippen LogP) is 4.07. The minimum atomic E-state index is -0.882.